The van der Waals surface area contributed by atoms with E-state index in [2.05, 4.69) is 53.8 Å². The first kappa shape index (κ1) is 16.9. The van der Waals surface area contributed by atoms with Crippen molar-refractivity contribution in [3.05, 3.63) is 0 Å². The van der Waals surface area contributed by atoms with Crippen LogP contribution in [0.15, 0.2) is 0 Å². The van der Waals surface area contributed by atoms with Crippen LogP contribution in [0.4, 0.5) is 0 Å². The van der Waals surface area contributed by atoms with E-state index in [9.17, 15) is 0 Å². The molecule has 0 bridgehead atoms. The van der Waals surface area contributed by atoms with Crippen LogP contribution in [0.5, 0.6) is 0 Å². The molecule has 1 saturated heterocycles. The van der Waals surface area contributed by atoms with E-state index in [4.69, 9.17) is 9.47 Å². The maximum Gasteiger partial charge on any atom is 0.0778 e. The molecule has 0 radical (unpaired) electrons. The Bertz CT molecular complexity index is 297. The lowest BCUT2D eigenvalue weighted by molar-refractivity contribution is -0.0949. The molecular formula is C16H33NO2. The summed E-state index contributed by atoms with van der Waals surface area (Å²) in [6, 6.07) is 0.300. The first-order valence-corrected chi connectivity index (χ1v) is 7.54. The largest absolute Gasteiger partial charge is 0.377 e. The van der Waals surface area contributed by atoms with Crippen molar-refractivity contribution in [1.82, 2.24) is 5.32 Å². The van der Waals surface area contributed by atoms with Crippen LogP contribution < -0.4 is 5.32 Å². The van der Waals surface area contributed by atoms with E-state index >= 15 is 0 Å². The van der Waals surface area contributed by atoms with Crippen LogP contribution in [0.25, 0.3) is 0 Å². The van der Waals surface area contributed by atoms with Gasteiger partial charge in [-0.1, -0.05) is 6.92 Å². The van der Waals surface area contributed by atoms with Crippen molar-refractivity contribution in [2.24, 2.45) is 5.92 Å². The average molecular weight is 271 g/mol. The van der Waals surface area contributed by atoms with E-state index < -0.39 is 0 Å². The van der Waals surface area contributed by atoms with Crippen molar-refractivity contribution >= 4 is 0 Å². The van der Waals surface area contributed by atoms with E-state index in [1.807, 2.05) is 0 Å². The van der Waals surface area contributed by atoms with Crippen LogP contribution in [-0.4, -0.2) is 36.5 Å². The number of hydrogen-bond donors (Lipinski definition) is 1. The van der Waals surface area contributed by atoms with Crippen molar-refractivity contribution in [2.45, 2.75) is 84.2 Å². The summed E-state index contributed by atoms with van der Waals surface area (Å²) in [5.74, 6) is 0.448. The van der Waals surface area contributed by atoms with E-state index in [0.29, 0.717) is 12.0 Å². The third kappa shape index (κ3) is 3.93. The molecule has 1 heterocycles. The quantitative estimate of drug-likeness (QED) is 0.803. The zero-order valence-corrected chi connectivity index (χ0v) is 14.1. The zero-order chi connectivity index (χ0) is 14.9. The van der Waals surface area contributed by atoms with Gasteiger partial charge in [0.25, 0.3) is 0 Å². The topological polar surface area (TPSA) is 30.5 Å². The highest BCUT2D eigenvalue weighted by molar-refractivity contribution is 5.04. The highest BCUT2D eigenvalue weighted by Gasteiger charge is 2.52. The van der Waals surface area contributed by atoms with Crippen molar-refractivity contribution in [3.8, 4) is 0 Å². The molecule has 0 aromatic heterocycles. The minimum Gasteiger partial charge on any atom is -0.377 e. The fourth-order valence-electron chi connectivity index (χ4n) is 3.42. The molecule has 0 amide bonds. The smallest absolute Gasteiger partial charge is 0.0778 e. The SMILES string of the molecule is CCCNC(C1CC(C)(C)OC1(C)C)C(C)(C)OC. The van der Waals surface area contributed by atoms with Gasteiger partial charge in [-0.05, 0) is 60.9 Å². The lowest BCUT2D eigenvalue weighted by Crippen LogP contribution is -2.56. The fourth-order valence-corrected chi connectivity index (χ4v) is 3.42. The van der Waals surface area contributed by atoms with Gasteiger partial charge in [0.05, 0.1) is 16.8 Å². The predicted molar refractivity (Wildman–Crippen MR) is 80.5 cm³/mol. The normalized spacial score (nSPS) is 27.5. The molecule has 1 fully saturated rings. The minimum absolute atomic E-state index is 0.0515. The molecule has 1 aliphatic heterocycles. The van der Waals surface area contributed by atoms with Gasteiger partial charge < -0.3 is 14.8 Å². The van der Waals surface area contributed by atoms with Gasteiger partial charge in [-0.2, -0.15) is 0 Å². The molecule has 1 N–H and O–H groups in total. The van der Waals surface area contributed by atoms with Crippen LogP contribution in [0.1, 0.15) is 61.3 Å². The van der Waals surface area contributed by atoms with E-state index in [0.717, 1.165) is 19.4 Å². The van der Waals surface area contributed by atoms with Crippen molar-refractivity contribution in [1.29, 1.82) is 0 Å². The second-order valence-electron chi connectivity index (χ2n) is 7.52. The van der Waals surface area contributed by atoms with E-state index in [1.165, 1.54) is 0 Å². The summed E-state index contributed by atoms with van der Waals surface area (Å²) in [7, 11) is 1.80. The van der Waals surface area contributed by atoms with Crippen LogP contribution in [-0.2, 0) is 9.47 Å². The lowest BCUT2D eigenvalue weighted by Gasteiger charge is -2.42. The molecule has 0 aliphatic carbocycles. The lowest BCUT2D eigenvalue weighted by atomic mass is 9.75. The first-order valence-electron chi connectivity index (χ1n) is 7.54. The zero-order valence-electron chi connectivity index (χ0n) is 14.1. The van der Waals surface area contributed by atoms with Crippen LogP contribution in [0.3, 0.4) is 0 Å². The molecule has 3 nitrogen and oxygen atoms in total. The Kier molecular flexibility index (Phi) is 5.09. The molecule has 2 atom stereocenters. The number of hydrogen-bond acceptors (Lipinski definition) is 3. The predicted octanol–water partition coefficient (Wildman–Crippen LogP) is 3.37. The Morgan fingerprint density at radius 3 is 2.26 bits per heavy atom. The van der Waals surface area contributed by atoms with E-state index in [-0.39, 0.29) is 16.8 Å². The highest BCUT2D eigenvalue weighted by Crippen LogP contribution is 2.45. The van der Waals surface area contributed by atoms with Crippen LogP contribution >= 0.6 is 0 Å². The van der Waals surface area contributed by atoms with Crippen molar-refractivity contribution < 1.29 is 9.47 Å². The average Bonchev–Trinajstić information content (AvgIpc) is 2.47. The summed E-state index contributed by atoms with van der Waals surface area (Å²) >= 11 is 0. The summed E-state index contributed by atoms with van der Waals surface area (Å²) in [6.45, 7) is 16.3. The summed E-state index contributed by atoms with van der Waals surface area (Å²) in [6.07, 6.45) is 2.20. The molecule has 1 rings (SSSR count). The molecule has 0 aromatic rings. The molecule has 114 valence electrons. The van der Waals surface area contributed by atoms with Gasteiger partial charge in [0.15, 0.2) is 0 Å². The maximum atomic E-state index is 6.25. The minimum atomic E-state index is -0.194. The Morgan fingerprint density at radius 1 is 1.32 bits per heavy atom. The monoisotopic (exact) mass is 271 g/mol. The highest BCUT2D eigenvalue weighted by atomic mass is 16.5. The van der Waals surface area contributed by atoms with Gasteiger partial charge in [0.1, 0.15) is 0 Å². The number of nitrogens with one attached hydrogen (secondary N) is 1. The van der Waals surface area contributed by atoms with E-state index in [1.54, 1.807) is 7.11 Å². The van der Waals surface area contributed by atoms with Gasteiger partial charge in [-0.3, -0.25) is 0 Å². The Labute approximate surface area is 119 Å². The second-order valence-corrected chi connectivity index (χ2v) is 7.52. The molecule has 3 heteroatoms. The van der Waals surface area contributed by atoms with Crippen molar-refractivity contribution in [2.75, 3.05) is 13.7 Å². The molecule has 1 aliphatic rings. The van der Waals surface area contributed by atoms with Gasteiger partial charge in [0.2, 0.25) is 0 Å². The maximum absolute atomic E-state index is 6.25. The number of rotatable bonds is 6. The fraction of sp³-hybridized carbons (Fsp3) is 1.00. The molecule has 19 heavy (non-hydrogen) atoms. The number of ether oxygens (including phenoxy) is 2. The third-order valence-corrected chi connectivity index (χ3v) is 4.44. The standard InChI is InChI=1S/C16H33NO2/c1-9-10-17-13(16(6,7)18-8)12-11-14(2,3)19-15(12,4)5/h12-13,17H,9-11H2,1-8H3. The van der Waals surface area contributed by atoms with Gasteiger partial charge >= 0.3 is 0 Å². The summed E-state index contributed by atoms with van der Waals surface area (Å²) < 4.78 is 12.0. The Hall–Kier alpha value is -0.120. The number of methoxy groups -OCH3 is 1. The second kappa shape index (κ2) is 5.71. The summed E-state index contributed by atoms with van der Waals surface area (Å²) in [5.41, 5.74) is -0.365. The Balaban J connectivity index is 2.97. The summed E-state index contributed by atoms with van der Waals surface area (Å²) in [4.78, 5) is 0. The van der Waals surface area contributed by atoms with Gasteiger partial charge in [-0.15, -0.1) is 0 Å². The molecule has 0 spiro atoms. The van der Waals surface area contributed by atoms with Crippen LogP contribution in [0.2, 0.25) is 0 Å². The van der Waals surface area contributed by atoms with Crippen molar-refractivity contribution in [3.63, 3.8) is 0 Å². The van der Waals surface area contributed by atoms with Gasteiger partial charge in [0, 0.05) is 19.1 Å². The van der Waals surface area contributed by atoms with Crippen LogP contribution in [0, 0.1) is 5.92 Å². The summed E-state index contributed by atoms with van der Waals surface area (Å²) in [5, 5.41) is 3.69. The Morgan fingerprint density at radius 2 is 1.89 bits per heavy atom. The molecule has 0 aromatic carbocycles. The molecule has 0 saturated carbocycles. The first-order chi connectivity index (χ1) is 8.56. The molecular weight excluding hydrogens is 238 g/mol. The third-order valence-electron chi connectivity index (χ3n) is 4.44. The van der Waals surface area contributed by atoms with Gasteiger partial charge in [-0.25, -0.2) is 0 Å². The molecule has 2 unspecified atom stereocenters.